The first-order valence-corrected chi connectivity index (χ1v) is 6.75. The van der Waals surface area contributed by atoms with Crippen molar-refractivity contribution in [2.24, 2.45) is 5.41 Å². The molecule has 0 unspecified atom stereocenters. The van der Waals surface area contributed by atoms with Crippen LogP contribution >= 0.6 is 0 Å². The zero-order valence-corrected chi connectivity index (χ0v) is 12.4. The lowest BCUT2D eigenvalue weighted by atomic mass is 9.95. The van der Waals surface area contributed by atoms with E-state index in [4.69, 9.17) is 0 Å². The van der Waals surface area contributed by atoms with E-state index in [0.717, 1.165) is 0 Å². The van der Waals surface area contributed by atoms with Gasteiger partial charge >= 0.3 is 0 Å². The summed E-state index contributed by atoms with van der Waals surface area (Å²) in [7, 11) is 0. The highest BCUT2D eigenvalue weighted by Gasteiger charge is 2.23. The molecule has 2 aromatic rings. The molecule has 2 rings (SSSR count). The highest BCUT2D eigenvalue weighted by Crippen LogP contribution is 2.21. The molecule has 0 aliphatic carbocycles. The maximum atomic E-state index is 12.5. The number of hydrogen-bond donors (Lipinski definition) is 1. The van der Waals surface area contributed by atoms with E-state index in [-0.39, 0.29) is 11.7 Å². The number of hydrogen-bond acceptors (Lipinski definition) is 3. The third-order valence-corrected chi connectivity index (χ3v) is 3.03. The van der Waals surface area contributed by atoms with Crippen LogP contribution in [0.3, 0.4) is 0 Å². The Morgan fingerprint density at radius 2 is 1.71 bits per heavy atom. The molecule has 0 saturated carbocycles. The molecule has 1 aromatic heterocycles. The zero-order chi connectivity index (χ0) is 15.5. The second kappa shape index (κ2) is 5.87. The van der Waals surface area contributed by atoms with Crippen molar-refractivity contribution in [3.8, 4) is 0 Å². The first-order chi connectivity index (χ1) is 9.89. The number of nitrogens with one attached hydrogen (secondary N) is 1. The molecule has 0 bridgehead atoms. The van der Waals surface area contributed by atoms with Gasteiger partial charge < -0.3 is 5.32 Å². The Bertz CT molecular complexity index is 658. The molecule has 0 fully saturated rings. The van der Waals surface area contributed by atoms with Crippen LogP contribution in [-0.4, -0.2) is 16.7 Å². The summed E-state index contributed by atoms with van der Waals surface area (Å²) in [6, 6.07) is 10.6. The lowest BCUT2D eigenvalue weighted by Gasteiger charge is -2.18. The van der Waals surface area contributed by atoms with Crippen molar-refractivity contribution < 1.29 is 9.59 Å². The van der Waals surface area contributed by atoms with Crippen molar-refractivity contribution in [2.45, 2.75) is 20.8 Å². The minimum absolute atomic E-state index is 0.137. The molecule has 4 nitrogen and oxygen atoms in total. The number of carbonyl (C=O) groups excluding carboxylic acids is 2. The molecule has 0 aliphatic heterocycles. The SMILES string of the molecule is CC(C)(C)C(=O)Nc1cnccc1C(=O)c1ccccc1. The summed E-state index contributed by atoms with van der Waals surface area (Å²) in [5.74, 6) is -0.292. The average molecular weight is 282 g/mol. The second-order valence-electron chi connectivity index (χ2n) is 5.82. The molecule has 1 amide bonds. The van der Waals surface area contributed by atoms with Crippen molar-refractivity contribution in [1.29, 1.82) is 0 Å². The van der Waals surface area contributed by atoms with Crippen molar-refractivity contribution in [3.05, 3.63) is 59.9 Å². The molecule has 0 aliphatic rings. The fraction of sp³-hybridized carbons (Fsp3) is 0.235. The number of ketones is 1. The van der Waals surface area contributed by atoms with Gasteiger partial charge in [-0.2, -0.15) is 0 Å². The number of benzene rings is 1. The zero-order valence-electron chi connectivity index (χ0n) is 12.4. The second-order valence-corrected chi connectivity index (χ2v) is 5.82. The Morgan fingerprint density at radius 3 is 2.33 bits per heavy atom. The summed E-state index contributed by atoms with van der Waals surface area (Å²) >= 11 is 0. The molecule has 21 heavy (non-hydrogen) atoms. The third-order valence-electron chi connectivity index (χ3n) is 3.03. The Balaban J connectivity index is 2.34. The average Bonchev–Trinajstić information content (AvgIpc) is 2.47. The lowest BCUT2D eigenvalue weighted by Crippen LogP contribution is -2.28. The molecular formula is C17H18N2O2. The molecule has 1 N–H and O–H groups in total. The predicted molar refractivity (Wildman–Crippen MR) is 82.2 cm³/mol. The molecule has 1 heterocycles. The number of nitrogens with zero attached hydrogens (tertiary/aromatic N) is 1. The van der Waals surface area contributed by atoms with E-state index in [1.807, 2.05) is 39.0 Å². The molecule has 4 heteroatoms. The first kappa shape index (κ1) is 14.9. The molecule has 0 saturated heterocycles. The normalized spacial score (nSPS) is 11.0. The van der Waals surface area contributed by atoms with Gasteiger partial charge in [-0.25, -0.2) is 0 Å². The smallest absolute Gasteiger partial charge is 0.229 e. The highest BCUT2D eigenvalue weighted by molar-refractivity contribution is 6.13. The number of carbonyl (C=O) groups is 2. The Kier molecular flexibility index (Phi) is 4.17. The molecule has 0 radical (unpaired) electrons. The van der Waals surface area contributed by atoms with Crippen molar-refractivity contribution >= 4 is 17.4 Å². The summed E-state index contributed by atoms with van der Waals surface area (Å²) in [6.07, 6.45) is 3.04. The van der Waals surface area contributed by atoms with Gasteiger partial charge in [-0.15, -0.1) is 0 Å². The van der Waals surface area contributed by atoms with Crippen LogP contribution < -0.4 is 5.32 Å². The Hall–Kier alpha value is -2.49. The standard InChI is InChI=1S/C17H18N2O2/c1-17(2,3)16(21)19-14-11-18-10-9-13(14)15(20)12-7-5-4-6-8-12/h4-11H,1-3H3,(H,19,21). The fourth-order valence-electron chi connectivity index (χ4n) is 1.75. The van der Waals surface area contributed by atoms with E-state index in [2.05, 4.69) is 10.3 Å². The molecule has 1 aromatic carbocycles. The van der Waals surface area contributed by atoms with Crippen LogP contribution in [0.4, 0.5) is 5.69 Å². The van der Waals surface area contributed by atoms with Crippen LogP contribution in [0.5, 0.6) is 0 Å². The quantitative estimate of drug-likeness (QED) is 0.879. The van der Waals surface area contributed by atoms with E-state index in [1.165, 1.54) is 6.20 Å². The van der Waals surface area contributed by atoms with Gasteiger partial charge in [0.2, 0.25) is 5.91 Å². The monoisotopic (exact) mass is 282 g/mol. The number of anilines is 1. The molecule has 108 valence electrons. The maximum absolute atomic E-state index is 12.5. The topological polar surface area (TPSA) is 59.1 Å². The summed E-state index contributed by atoms with van der Waals surface area (Å²) in [4.78, 5) is 28.6. The van der Waals surface area contributed by atoms with Crippen molar-refractivity contribution in [2.75, 3.05) is 5.32 Å². The minimum Gasteiger partial charge on any atom is -0.324 e. The van der Waals surface area contributed by atoms with Crippen LogP contribution in [0, 0.1) is 5.41 Å². The number of aromatic nitrogens is 1. The van der Waals surface area contributed by atoms with Crippen molar-refractivity contribution in [3.63, 3.8) is 0 Å². The summed E-state index contributed by atoms with van der Waals surface area (Å²) in [5.41, 5.74) is 0.915. The van der Waals surface area contributed by atoms with Crippen LogP contribution in [-0.2, 0) is 4.79 Å². The van der Waals surface area contributed by atoms with Gasteiger partial charge in [0.25, 0.3) is 0 Å². The van der Waals surface area contributed by atoms with E-state index < -0.39 is 5.41 Å². The fourth-order valence-corrected chi connectivity index (χ4v) is 1.75. The Morgan fingerprint density at radius 1 is 1.05 bits per heavy atom. The van der Waals surface area contributed by atoms with E-state index in [9.17, 15) is 9.59 Å². The molecular weight excluding hydrogens is 264 g/mol. The van der Waals surface area contributed by atoms with E-state index in [1.54, 1.807) is 24.4 Å². The highest BCUT2D eigenvalue weighted by atomic mass is 16.2. The van der Waals surface area contributed by atoms with Gasteiger partial charge in [0.15, 0.2) is 5.78 Å². The largest absolute Gasteiger partial charge is 0.324 e. The number of amides is 1. The summed E-state index contributed by atoms with van der Waals surface area (Å²) in [5, 5.41) is 2.78. The van der Waals surface area contributed by atoms with E-state index in [0.29, 0.717) is 16.8 Å². The van der Waals surface area contributed by atoms with E-state index >= 15 is 0 Å². The minimum atomic E-state index is -0.539. The first-order valence-electron chi connectivity index (χ1n) is 6.75. The van der Waals surface area contributed by atoms with Crippen LogP contribution in [0.2, 0.25) is 0 Å². The van der Waals surface area contributed by atoms with Gasteiger partial charge in [-0.1, -0.05) is 51.1 Å². The van der Waals surface area contributed by atoms with Crippen LogP contribution in [0.15, 0.2) is 48.8 Å². The van der Waals surface area contributed by atoms with Gasteiger partial charge in [0.1, 0.15) is 0 Å². The molecule has 0 atom stereocenters. The predicted octanol–water partition coefficient (Wildman–Crippen LogP) is 3.30. The summed E-state index contributed by atoms with van der Waals surface area (Å²) < 4.78 is 0. The third kappa shape index (κ3) is 3.54. The molecule has 0 spiro atoms. The van der Waals surface area contributed by atoms with Crippen LogP contribution in [0.25, 0.3) is 0 Å². The van der Waals surface area contributed by atoms with Gasteiger partial charge in [-0.05, 0) is 6.07 Å². The van der Waals surface area contributed by atoms with Crippen molar-refractivity contribution in [1.82, 2.24) is 4.98 Å². The van der Waals surface area contributed by atoms with Gasteiger partial charge in [0, 0.05) is 22.7 Å². The number of rotatable bonds is 3. The number of pyridine rings is 1. The summed E-state index contributed by atoms with van der Waals surface area (Å²) in [6.45, 7) is 5.45. The Labute approximate surface area is 124 Å². The van der Waals surface area contributed by atoms with Crippen LogP contribution in [0.1, 0.15) is 36.7 Å². The van der Waals surface area contributed by atoms with Gasteiger partial charge in [0.05, 0.1) is 11.9 Å². The maximum Gasteiger partial charge on any atom is 0.229 e. The van der Waals surface area contributed by atoms with Gasteiger partial charge in [-0.3, -0.25) is 14.6 Å². The lowest BCUT2D eigenvalue weighted by molar-refractivity contribution is -0.123.